The van der Waals surface area contributed by atoms with Gasteiger partial charge in [-0.25, -0.2) is 0 Å². The van der Waals surface area contributed by atoms with E-state index in [4.69, 9.17) is 12.2 Å². The van der Waals surface area contributed by atoms with Crippen molar-refractivity contribution in [3.05, 3.63) is 40.8 Å². The average Bonchev–Trinajstić information content (AvgIpc) is 2.68. The molecule has 104 valence electrons. The molecule has 0 radical (unpaired) electrons. The summed E-state index contributed by atoms with van der Waals surface area (Å²) in [5.74, 6) is -1.66. The number of nitrogens with zero attached hydrogens (tertiary/aromatic N) is 1. The molecule has 20 heavy (non-hydrogen) atoms. The van der Waals surface area contributed by atoms with Gasteiger partial charge in [-0.3, -0.25) is 9.69 Å². The van der Waals surface area contributed by atoms with Gasteiger partial charge in [0.1, 0.15) is 4.32 Å². The number of amides is 1. The number of carbonyl (C=O) groups is 2. The molecular weight excluding hydrogens is 294 g/mol. The van der Waals surface area contributed by atoms with Gasteiger partial charge >= 0.3 is 0 Å². The maximum absolute atomic E-state index is 12.3. The lowest BCUT2D eigenvalue weighted by Crippen LogP contribution is -2.49. The zero-order chi connectivity index (χ0) is 14.7. The zero-order valence-corrected chi connectivity index (χ0v) is 12.4. The van der Waals surface area contributed by atoms with Crippen molar-refractivity contribution < 1.29 is 14.7 Å². The molecule has 1 aromatic carbocycles. The molecule has 1 aromatic rings. The van der Waals surface area contributed by atoms with E-state index in [1.807, 2.05) is 30.3 Å². The van der Waals surface area contributed by atoms with Crippen LogP contribution < -0.4 is 5.11 Å². The SMILES string of the molecule is CCC(C(=O)[O-])N1C(=O)C(=Cc2ccccc2)SC1=S. The van der Waals surface area contributed by atoms with Crippen LogP contribution in [-0.4, -0.2) is 27.1 Å². The van der Waals surface area contributed by atoms with E-state index >= 15 is 0 Å². The van der Waals surface area contributed by atoms with Gasteiger partial charge in [0.2, 0.25) is 0 Å². The highest BCUT2D eigenvalue weighted by molar-refractivity contribution is 8.26. The van der Waals surface area contributed by atoms with Crippen LogP contribution in [0.15, 0.2) is 35.2 Å². The Morgan fingerprint density at radius 2 is 2.10 bits per heavy atom. The average molecular weight is 306 g/mol. The number of rotatable bonds is 4. The fourth-order valence-corrected chi connectivity index (χ4v) is 3.26. The molecular formula is C14H12NO3S2-. The van der Waals surface area contributed by atoms with Crippen LogP contribution in [0.5, 0.6) is 0 Å². The number of hydrogen-bond donors (Lipinski definition) is 0. The molecule has 0 aromatic heterocycles. The van der Waals surface area contributed by atoms with E-state index in [0.29, 0.717) is 4.91 Å². The molecule has 1 atom stereocenters. The minimum atomic E-state index is -1.29. The maximum Gasteiger partial charge on any atom is 0.266 e. The summed E-state index contributed by atoms with van der Waals surface area (Å²) >= 11 is 6.22. The Morgan fingerprint density at radius 1 is 1.45 bits per heavy atom. The molecule has 1 unspecified atom stereocenters. The Labute approximate surface area is 126 Å². The minimum absolute atomic E-state index is 0.257. The smallest absolute Gasteiger partial charge is 0.266 e. The van der Waals surface area contributed by atoms with E-state index in [1.165, 1.54) is 0 Å². The first-order chi connectivity index (χ1) is 9.54. The quantitative estimate of drug-likeness (QED) is 0.622. The highest BCUT2D eigenvalue weighted by Gasteiger charge is 2.36. The maximum atomic E-state index is 12.3. The summed E-state index contributed by atoms with van der Waals surface area (Å²) in [6, 6.07) is 8.33. The second-order valence-electron chi connectivity index (χ2n) is 4.21. The van der Waals surface area contributed by atoms with Crippen molar-refractivity contribution in [3.63, 3.8) is 0 Å². The van der Waals surface area contributed by atoms with Gasteiger partial charge in [0, 0.05) is 0 Å². The number of carboxylic acid groups (broad SMARTS) is 1. The molecule has 1 heterocycles. The second-order valence-corrected chi connectivity index (χ2v) is 5.88. The third-order valence-corrected chi connectivity index (χ3v) is 4.22. The number of carbonyl (C=O) groups excluding carboxylic acids is 2. The molecule has 0 saturated carbocycles. The van der Waals surface area contributed by atoms with Gasteiger partial charge in [-0.05, 0) is 18.1 Å². The van der Waals surface area contributed by atoms with E-state index < -0.39 is 12.0 Å². The normalized spacial score (nSPS) is 18.6. The zero-order valence-electron chi connectivity index (χ0n) is 10.7. The lowest BCUT2D eigenvalue weighted by molar-refractivity contribution is -0.310. The summed E-state index contributed by atoms with van der Waals surface area (Å²) < 4.78 is 0.258. The van der Waals surface area contributed by atoms with Crippen molar-refractivity contribution >= 4 is 46.3 Å². The van der Waals surface area contributed by atoms with Crippen molar-refractivity contribution in [2.45, 2.75) is 19.4 Å². The first kappa shape index (κ1) is 14.7. The molecule has 1 amide bonds. The lowest BCUT2D eigenvalue weighted by Gasteiger charge is -2.26. The van der Waals surface area contributed by atoms with E-state index in [9.17, 15) is 14.7 Å². The van der Waals surface area contributed by atoms with Gasteiger partial charge in [0.05, 0.1) is 16.9 Å². The standard InChI is InChI=1S/C14H13NO3S2/c1-2-10(13(17)18)15-12(16)11(20-14(15)19)8-9-6-4-3-5-7-9/h3-8,10H,2H2,1H3,(H,17,18)/p-1. The summed E-state index contributed by atoms with van der Waals surface area (Å²) in [7, 11) is 0. The molecule has 0 spiro atoms. The van der Waals surface area contributed by atoms with E-state index in [2.05, 4.69) is 0 Å². The number of carboxylic acids is 1. The van der Waals surface area contributed by atoms with Crippen LogP contribution in [0, 0.1) is 0 Å². The van der Waals surface area contributed by atoms with Crippen molar-refractivity contribution in [2.24, 2.45) is 0 Å². The van der Waals surface area contributed by atoms with E-state index in [1.54, 1.807) is 13.0 Å². The number of thioether (sulfide) groups is 1. The van der Waals surface area contributed by atoms with Crippen molar-refractivity contribution in [3.8, 4) is 0 Å². The molecule has 1 fully saturated rings. The predicted molar refractivity (Wildman–Crippen MR) is 80.5 cm³/mol. The van der Waals surface area contributed by atoms with Crippen LogP contribution >= 0.6 is 24.0 Å². The summed E-state index contributed by atoms with van der Waals surface area (Å²) in [6.07, 6.45) is 1.97. The van der Waals surface area contributed by atoms with Gasteiger partial charge in [-0.2, -0.15) is 0 Å². The van der Waals surface area contributed by atoms with Gasteiger partial charge in [-0.15, -0.1) is 0 Å². The highest BCUT2D eigenvalue weighted by Crippen LogP contribution is 2.34. The predicted octanol–water partition coefficient (Wildman–Crippen LogP) is 1.42. The Hall–Kier alpha value is -1.66. The van der Waals surface area contributed by atoms with Crippen molar-refractivity contribution in [1.82, 2.24) is 4.90 Å². The van der Waals surface area contributed by atoms with E-state index in [-0.39, 0.29) is 16.6 Å². The summed E-state index contributed by atoms with van der Waals surface area (Å²) in [6.45, 7) is 1.68. The number of benzene rings is 1. The molecule has 1 aliphatic heterocycles. The van der Waals surface area contributed by atoms with Crippen LogP contribution in [-0.2, 0) is 9.59 Å². The number of aliphatic carboxylic acids is 1. The summed E-state index contributed by atoms with van der Waals surface area (Å²) in [4.78, 5) is 24.9. The van der Waals surface area contributed by atoms with Crippen LogP contribution in [0.2, 0.25) is 0 Å². The third-order valence-electron chi connectivity index (χ3n) is 2.89. The second kappa shape index (κ2) is 6.19. The molecule has 0 N–H and O–H groups in total. The van der Waals surface area contributed by atoms with Gasteiger partial charge in [-0.1, -0.05) is 61.2 Å². The van der Waals surface area contributed by atoms with Gasteiger partial charge < -0.3 is 9.90 Å². The van der Waals surface area contributed by atoms with Crippen molar-refractivity contribution in [2.75, 3.05) is 0 Å². The summed E-state index contributed by atoms with van der Waals surface area (Å²) in [5.41, 5.74) is 0.870. The van der Waals surface area contributed by atoms with Gasteiger partial charge in [0.25, 0.3) is 5.91 Å². The molecule has 0 bridgehead atoms. The monoisotopic (exact) mass is 306 g/mol. The topological polar surface area (TPSA) is 60.4 Å². The highest BCUT2D eigenvalue weighted by atomic mass is 32.2. The first-order valence-electron chi connectivity index (χ1n) is 6.07. The fraction of sp³-hybridized carbons (Fsp3) is 0.214. The molecule has 0 aliphatic carbocycles. The van der Waals surface area contributed by atoms with Crippen LogP contribution in [0.4, 0.5) is 0 Å². The molecule has 1 aliphatic rings. The van der Waals surface area contributed by atoms with Gasteiger partial charge in [0.15, 0.2) is 0 Å². The lowest BCUT2D eigenvalue weighted by atomic mass is 10.2. The molecule has 6 heteroatoms. The third kappa shape index (κ3) is 2.91. The van der Waals surface area contributed by atoms with Crippen LogP contribution in [0.3, 0.4) is 0 Å². The molecule has 2 rings (SSSR count). The van der Waals surface area contributed by atoms with Crippen LogP contribution in [0.25, 0.3) is 6.08 Å². The number of hydrogen-bond acceptors (Lipinski definition) is 5. The minimum Gasteiger partial charge on any atom is -0.548 e. The summed E-state index contributed by atoms with van der Waals surface area (Å²) in [5, 5.41) is 11.1. The Bertz CT molecular complexity index is 583. The van der Waals surface area contributed by atoms with Crippen LogP contribution in [0.1, 0.15) is 18.9 Å². The van der Waals surface area contributed by atoms with Crippen molar-refractivity contribution in [1.29, 1.82) is 0 Å². The largest absolute Gasteiger partial charge is 0.548 e. The Morgan fingerprint density at radius 3 is 2.65 bits per heavy atom. The first-order valence-corrected chi connectivity index (χ1v) is 7.30. The molecule has 1 saturated heterocycles. The Balaban J connectivity index is 2.29. The fourth-order valence-electron chi connectivity index (χ4n) is 1.90. The van der Waals surface area contributed by atoms with E-state index in [0.717, 1.165) is 22.2 Å². The number of thiocarbonyl (C=S) groups is 1. The Kier molecular flexibility index (Phi) is 4.57. The molecule has 4 nitrogen and oxygen atoms in total.